The number of hydrogen-bond donors (Lipinski definition) is 1. The predicted molar refractivity (Wildman–Crippen MR) is 84.1 cm³/mol. The van der Waals surface area contributed by atoms with E-state index >= 15 is 0 Å². The second-order valence-corrected chi connectivity index (χ2v) is 6.79. The normalized spacial score (nSPS) is 10.8. The quantitative estimate of drug-likeness (QED) is 0.504. The van der Waals surface area contributed by atoms with Crippen molar-refractivity contribution in [3.05, 3.63) is 17.7 Å². The molecule has 0 spiro atoms. The average Bonchev–Trinajstić information content (AvgIpc) is 2.35. The van der Waals surface area contributed by atoms with E-state index in [9.17, 15) is 5.11 Å². The molecule has 1 rings (SSSR count). The number of thioether (sulfide) groups is 2. The standard InChI is InChI=1S/C15H24OS2/c1-4-6-8-17-13-10-12(3)11-14(15(13)16)18-9-7-5-2/h10-11,16H,4-9H2,1-3H3. The second kappa shape index (κ2) is 8.76. The van der Waals surface area contributed by atoms with E-state index in [1.807, 2.05) is 0 Å². The first-order valence-corrected chi connectivity index (χ1v) is 8.75. The van der Waals surface area contributed by atoms with E-state index in [0.717, 1.165) is 21.3 Å². The number of unbranched alkanes of at least 4 members (excludes halogenated alkanes) is 2. The SMILES string of the molecule is CCCCSc1cc(C)cc(SCCCC)c1O. The van der Waals surface area contributed by atoms with Crippen LogP contribution in [0, 0.1) is 6.92 Å². The molecule has 1 aromatic rings. The molecule has 0 fully saturated rings. The topological polar surface area (TPSA) is 20.2 Å². The lowest BCUT2D eigenvalue weighted by Gasteiger charge is -2.10. The molecule has 0 aliphatic carbocycles. The molecule has 0 unspecified atom stereocenters. The van der Waals surface area contributed by atoms with Gasteiger partial charge in [0.15, 0.2) is 0 Å². The third-order valence-electron chi connectivity index (χ3n) is 2.70. The van der Waals surface area contributed by atoms with Crippen molar-refractivity contribution >= 4 is 23.5 Å². The number of hydrogen-bond acceptors (Lipinski definition) is 3. The highest BCUT2D eigenvalue weighted by atomic mass is 32.2. The molecule has 1 N–H and O–H groups in total. The van der Waals surface area contributed by atoms with Crippen LogP contribution in [-0.4, -0.2) is 16.6 Å². The summed E-state index contributed by atoms with van der Waals surface area (Å²) in [5, 5.41) is 10.3. The Morgan fingerprint density at radius 3 is 1.78 bits per heavy atom. The number of aromatic hydroxyl groups is 1. The molecule has 0 atom stereocenters. The second-order valence-electron chi connectivity index (χ2n) is 4.51. The van der Waals surface area contributed by atoms with Crippen LogP contribution >= 0.6 is 23.5 Å². The van der Waals surface area contributed by atoms with Gasteiger partial charge in [0.1, 0.15) is 5.75 Å². The maximum absolute atomic E-state index is 10.3. The lowest BCUT2D eigenvalue weighted by atomic mass is 10.2. The van der Waals surface area contributed by atoms with Crippen LogP contribution < -0.4 is 0 Å². The van der Waals surface area contributed by atoms with Crippen molar-refractivity contribution in [2.24, 2.45) is 0 Å². The van der Waals surface area contributed by atoms with Gasteiger partial charge in [0.25, 0.3) is 0 Å². The highest BCUT2D eigenvalue weighted by Gasteiger charge is 2.09. The third-order valence-corrected chi connectivity index (χ3v) is 4.93. The molecule has 0 bridgehead atoms. The Labute approximate surface area is 120 Å². The molecule has 0 saturated heterocycles. The van der Waals surface area contributed by atoms with Crippen molar-refractivity contribution in [1.29, 1.82) is 0 Å². The van der Waals surface area contributed by atoms with E-state index < -0.39 is 0 Å². The van der Waals surface area contributed by atoms with Gasteiger partial charge in [-0.25, -0.2) is 0 Å². The fraction of sp³-hybridized carbons (Fsp3) is 0.600. The smallest absolute Gasteiger partial charge is 0.142 e. The summed E-state index contributed by atoms with van der Waals surface area (Å²) in [5.41, 5.74) is 1.24. The Morgan fingerprint density at radius 1 is 0.944 bits per heavy atom. The summed E-state index contributed by atoms with van der Waals surface area (Å²) < 4.78 is 0. The minimum atomic E-state index is 0.489. The van der Waals surface area contributed by atoms with Gasteiger partial charge in [0, 0.05) is 0 Å². The highest BCUT2D eigenvalue weighted by molar-refractivity contribution is 8.00. The van der Waals surface area contributed by atoms with Gasteiger partial charge in [-0.15, -0.1) is 23.5 Å². The summed E-state index contributed by atoms with van der Waals surface area (Å²) in [7, 11) is 0. The molecule has 0 heterocycles. The summed E-state index contributed by atoms with van der Waals surface area (Å²) >= 11 is 3.55. The number of aryl methyl sites for hydroxylation is 1. The Morgan fingerprint density at radius 2 is 1.39 bits per heavy atom. The van der Waals surface area contributed by atoms with E-state index in [1.165, 1.54) is 31.2 Å². The van der Waals surface area contributed by atoms with Gasteiger partial charge in [0.2, 0.25) is 0 Å². The lowest BCUT2D eigenvalue weighted by molar-refractivity contribution is 0.448. The zero-order chi connectivity index (χ0) is 13.4. The van der Waals surface area contributed by atoms with Crippen LogP contribution in [0.25, 0.3) is 0 Å². The van der Waals surface area contributed by atoms with Crippen LogP contribution in [0.1, 0.15) is 45.1 Å². The van der Waals surface area contributed by atoms with Gasteiger partial charge < -0.3 is 5.11 Å². The molecular formula is C15H24OS2. The fourth-order valence-corrected chi connectivity index (χ4v) is 3.99. The molecule has 0 aliphatic heterocycles. The van der Waals surface area contributed by atoms with Crippen molar-refractivity contribution in [2.45, 2.75) is 56.2 Å². The van der Waals surface area contributed by atoms with Crippen LogP contribution in [0.2, 0.25) is 0 Å². The Kier molecular flexibility index (Phi) is 7.68. The molecule has 3 heteroatoms. The largest absolute Gasteiger partial charge is 0.506 e. The van der Waals surface area contributed by atoms with Crippen molar-refractivity contribution in [3.63, 3.8) is 0 Å². The molecule has 18 heavy (non-hydrogen) atoms. The molecule has 0 aromatic heterocycles. The Hall–Kier alpha value is -0.280. The zero-order valence-corrected chi connectivity index (χ0v) is 13.3. The van der Waals surface area contributed by atoms with Gasteiger partial charge in [-0.2, -0.15) is 0 Å². The number of rotatable bonds is 8. The van der Waals surface area contributed by atoms with E-state index in [1.54, 1.807) is 23.5 Å². The zero-order valence-electron chi connectivity index (χ0n) is 11.7. The fourth-order valence-electron chi connectivity index (χ4n) is 1.59. The van der Waals surface area contributed by atoms with Crippen LogP contribution in [0.3, 0.4) is 0 Å². The van der Waals surface area contributed by atoms with Crippen molar-refractivity contribution in [3.8, 4) is 5.75 Å². The van der Waals surface area contributed by atoms with Crippen LogP contribution in [0.4, 0.5) is 0 Å². The Balaban J connectivity index is 2.71. The van der Waals surface area contributed by atoms with Crippen LogP contribution in [0.15, 0.2) is 21.9 Å². The number of phenolic OH excluding ortho intramolecular Hbond substituents is 1. The predicted octanol–water partition coefficient (Wildman–Crippen LogP) is 5.49. The van der Waals surface area contributed by atoms with Crippen molar-refractivity contribution < 1.29 is 5.11 Å². The summed E-state index contributed by atoms with van der Waals surface area (Å²) in [6.45, 7) is 6.50. The maximum atomic E-state index is 10.3. The van der Waals surface area contributed by atoms with Gasteiger partial charge in [0.05, 0.1) is 9.79 Å². The lowest BCUT2D eigenvalue weighted by Crippen LogP contribution is -1.86. The van der Waals surface area contributed by atoms with E-state index in [0.29, 0.717) is 5.75 Å². The average molecular weight is 284 g/mol. The third kappa shape index (κ3) is 5.15. The van der Waals surface area contributed by atoms with Gasteiger partial charge in [-0.1, -0.05) is 26.7 Å². The minimum absolute atomic E-state index is 0.489. The number of phenols is 1. The first kappa shape index (κ1) is 15.8. The monoisotopic (exact) mass is 284 g/mol. The van der Waals surface area contributed by atoms with Crippen molar-refractivity contribution in [1.82, 2.24) is 0 Å². The number of benzene rings is 1. The summed E-state index contributed by atoms with van der Waals surface area (Å²) in [5.74, 6) is 2.67. The summed E-state index contributed by atoms with van der Waals surface area (Å²) in [6.07, 6.45) is 4.82. The van der Waals surface area contributed by atoms with Gasteiger partial charge in [-0.05, 0) is 49.0 Å². The van der Waals surface area contributed by atoms with Gasteiger partial charge >= 0.3 is 0 Å². The molecular weight excluding hydrogens is 260 g/mol. The van der Waals surface area contributed by atoms with Gasteiger partial charge in [-0.3, -0.25) is 0 Å². The minimum Gasteiger partial charge on any atom is -0.506 e. The first-order valence-electron chi connectivity index (χ1n) is 6.78. The summed E-state index contributed by atoms with van der Waals surface area (Å²) in [4.78, 5) is 2.09. The van der Waals surface area contributed by atoms with E-state index in [4.69, 9.17) is 0 Å². The molecule has 0 radical (unpaired) electrons. The molecule has 1 nitrogen and oxygen atoms in total. The maximum Gasteiger partial charge on any atom is 0.142 e. The molecule has 0 amide bonds. The molecule has 0 aliphatic rings. The van der Waals surface area contributed by atoms with Crippen molar-refractivity contribution in [2.75, 3.05) is 11.5 Å². The van der Waals surface area contributed by atoms with E-state index in [2.05, 4.69) is 32.9 Å². The summed E-state index contributed by atoms with van der Waals surface area (Å²) in [6, 6.07) is 4.19. The molecule has 0 saturated carbocycles. The van der Waals surface area contributed by atoms with E-state index in [-0.39, 0.29) is 0 Å². The molecule has 1 aromatic carbocycles. The van der Waals surface area contributed by atoms with Crippen LogP contribution in [0.5, 0.6) is 5.75 Å². The molecule has 102 valence electrons. The first-order chi connectivity index (χ1) is 8.69. The highest BCUT2D eigenvalue weighted by Crippen LogP contribution is 2.38. The Bertz CT molecular complexity index is 333. The van der Waals surface area contributed by atoms with Crippen LogP contribution in [-0.2, 0) is 0 Å².